The minimum Gasteiger partial charge on any atom is -0.347 e. The Bertz CT molecular complexity index is 782. The molecule has 6 nitrogen and oxygen atoms in total. The molecule has 0 saturated carbocycles. The van der Waals surface area contributed by atoms with Gasteiger partial charge in [0.15, 0.2) is 5.79 Å². The van der Waals surface area contributed by atoms with E-state index >= 15 is 0 Å². The summed E-state index contributed by atoms with van der Waals surface area (Å²) in [5.74, 6) is 1.01. The fourth-order valence-electron chi connectivity index (χ4n) is 3.37. The zero-order valence-electron chi connectivity index (χ0n) is 14.5. The van der Waals surface area contributed by atoms with Crippen LogP contribution in [0.4, 0.5) is 17.5 Å². The maximum Gasteiger partial charge on any atom is 0.227 e. The van der Waals surface area contributed by atoms with Crippen molar-refractivity contribution in [3.63, 3.8) is 0 Å². The van der Waals surface area contributed by atoms with Crippen molar-refractivity contribution >= 4 is 40.7 Å². The van der Waals surface area contributed by atoms with Crippen molar-refractivity contribution in [3.8, 4) is 0 Å². The van der Waals surface area contributed by atoms with Crippen LogP contribution in [0.2, 0.25) is 10.0 Å². The van der Waals surface area contributed by atoms with Crippen molar-refractivity contribution < 1.29 is 9.47 Å². The van der Waals surface area contributed by atoms with Crippen molar-refractivity contribution in [1.29, 1.82) is 0 Å². The summed E-state index contributed by atoms with van der Waals surface area (Å²) >= 11 is 12.1. The molecule has 1 spiro atoms. The number of aromatic nitrogens is 2. The number of hydrogen-bond donors (Lipinski definition) is 1. The molecule has 0 amide bonds. The molecule has 4 rings (SSSR count). The van der Waals surface area contributed by atoms with Gasteiger partial charge in [0.2, 0.25) is 5.95 Å². The van der Waals surface area contributed by atoms with Crippen LogP contribution >= 0.6 is 23.2 Å². The molecule has 1 N–H and O–H groups in total. The molecule has 1 aromatic heterocycles. The fourth-order valence-corrected chi connectivity index (χ4v) is 3.89. The van der Waals surface area contributed by atoms with E-state index in [0.717, 1.165) is 37.3 Å². The molecule has 3 heterocycles. The topological polar surface area (TPSA) is 59.5 Å². The predicted molar refractivity (Wildman–Crippen MR) is 103 cm³/mol. The molecule has 0 aliphatic carbocycles. The Morgan fingerprint density at radius 1 is 1.00 bits per heavy atom. The number of nitrogens with zero attached hydrogens (tertiary/aromatic N) is 3. The smallest absolute Gasteiger partial charge is 0.227 e. The number of aryl methyl sites for hydroxylation is 1. The van der Waals surface area contributed by atoms with Gasteiger partial charge in [-0.05, 0) is 25.1 Å². The van der Waals surface area contributed by atoms with Gasteiger partial charge in [-0.2, -0.15) is 4.98 Å². The quantitative estimate of drug-likeness (QED) is 0.842. The summed E-state index contributed by atoms with van der Waals surface area (Å²) < 4.78 is 11.6. The van der Waals surface area contributed by atoms with Gasteiger partial charge in [0.25, 0.3) is 0 Å². The molecular formula is C18H20Cl2N4O2. The molecule has 0 bridgehead atoms. The van der Waals surface area contributed by atoms with E-state index in [-0.39, 0.29) is 0 Å². The second kappa shape index (κ2) is 7.19. The van der Waals surface area contributed by atoms with E-state index in [0.29, 0.717) is 35.0 Å². The van der Waals surface area contributed by atoms with Crippen molar-refractivity contribution in [3.05, 3.63) is 40.0 Å². The molecule has 138 valence electrons. The summed E-state index contributed by atoms with van der Waals surface area (Å²) in [5.41, 5.74) is 1.68. The Balaban J connectivity index is 1.51. The molecular weight excluding hydrogens is 375 g/mol. The van der Waals surface area contributed by atoms with Gasteiger partial charge in [0, 0.05) is 53.4 Å². The van der Waals surface area contributed by atoms with E-state index in [1.54, 1.807) is 6.07 Å². The van der Waals surface area contributed by atoms with Crippen LogP contribution in [0, 0.1) is 6.92 Å². The lowest BCUT2D eigenvalue weighted by atomic mass is 10.0. The number of piperidine rings is 1. The molecule has 2 saturated heterocycles. The summed E-state index contributed by atoms with van der Waals surface area (Å²) in [6.45, 7) is 4.90. The first-order valence-corrected chi connectivity index (χ1v) is 9.39. The normalized spacial score (nSPS) is 19.1. The maximum absolute atomic E-state index is 6.07. The van der Waals surface area contributed by atoms with Gasteiger partial charge in [-0.1, -0.05) is 23.2 Å². The first kappa shape index (κ1) is 17.8. The fraction of sp³-hybridized carbons (Fsp3) is 0.444. The van der Waals surface area contributed by atoms with Crippen LogP contribution in [0.15, 0.2) is 24.3 Å². The van der Waals surface area contributed by atoms with Crippen LogP contribution in [0.3, 0.4) is 0 Å². The zero-order chi connectivity index (χ0) is 18.1. The highest BCUT2D eigenvalue weighted by Crippen LogP contribution is 2.33. The third-order valence-corrected chi connectivity index (χ3v) is 5.04. The van der Waals surface area contributed by atoms with Gasteiger partial charge < -0.3 is 19.7 Å². The van der Waals surface area contributed by atoms with Crippen LogP contribution in [0.1, 0.15) is 18.5 Å². The SMILES string of the molecule is Cc1cc(Nc2cc(Cl)cc(Cl)c2)nc(N2CCC3(CC2)OCCO3)n1. The molecule has 2 aliphatic heterocycles. The third kappa shape index (κ3) is 3.88. The number of hydrogen-bond acceptors (Lipinski definition) is 6. The highest BCUT2D eigenvalue weighted by atomic mass is 35.5. The molecule has 2 aliphatic rings. The Morgan fingerprint density at radius 3 is 2.31 bits per heavy atom. The van der Waals surface area contributed by atoms with Crippen LogP contribution in [0.25, 0.3) is 0 Å². The summed E-state index contributed by atoms with van der Waals surface area (Å²) in [6, 6.07) is 7.21. The minimum absolute atomic E-state index is 0.404. The van der Waals surface area contributed by atoms with Crippen molar-refractivity contribution in [1.82, 2.24) is 9.97 Å². The van der Waals surface area contributed by atoms with Gasteiger partial charge in [-0.15, -0.1) is 0 Å². The second-order valence-corrected chi connectivity index (χ2v) is 7.45. The number of nitrogens with one attached hydrogen (secondary N) is 1. The Kier molecular flexibility index (Phi) is 4.92. The second-order valence-electron chi connectivity index (χ2n) is 6.57. The largest absolute Gasteiger partial charge is 0.347 e. The van der Waals surface area contributed by atoms with Gasteiger partial charge in [0.1, 0.15) is 5.82 Å². The average molecular weight is 395 g/mol. The standard InChI is InChI=1S/C18H20Cl2N4O2/c1-12-8-16(22-15-10-13(19)9-14(20)11-15)23-17(21-12)24-4-2-18(3-5-24)25-6-7-26-18/h8-11H,2-7H2,1H3,(H,21,22,23). The lowest BCUT2D eigenvalue weighted by molar-refractivity contribution is -0.169. The Hall–Kier alpha value is -1.60. The molecule has 8 heteroatoms. The summed E-state index contributed by atoms with van der Waals surface area (Å²) in [7, 11) is 0. The molecule has 0 atom stereocenters. The average Bonchev–Trinajstić information content (AvgIpc) is 3.02. The molecule has 2 aromatic rings. The van der Waals surface area contributed by atoms with E-state index in [9.17, 15) is 0 Å². The Morgan fingerprint density at radius 2 is 1.65 bits per heavy atom. The zero-order valence-corrected chi connectivity index (χ0v) is 16.0. The summed E-state index contributed by atoms with van der Waals surface area (Å²) in [4.78, 5) is 11.4. The monoisotopic (exact) mass is 394 g/mol. The van der Waals surface area contributed by atoms with Crippen LogP contribution in [0.5, 0.6) is 0 Å². The molecule has 1 aromatic carbocycles. The highest BCUT2D eigenvalue weighted by molar-refractivity contribution is 6.35. The van der Waals surface area contributed by atoms with Gasteiger partial charge in [0.05, 0.1) is 13.2 Å². The van der Waals surface area contributed by atoms with Gasteiger partial charge in [-0.3, -0.25) is 0 Å². The van der Waals surface area contributed by atoms with Crippen LogP contribution in [-0.2, 0) is 9.47 Å². The van der Waals surface area contributed by atoms with Crippen LogP contribution in [-0.4, -0.2) is 42.1 Å². The van der Waals surface area contributed by atoms with Gasteiger partial charge >= 0.3 is 0 Å². The van der Waals surface area contributed by atoms with Crippen LogP contribution < -0.4 is 10.2 Å². The minimum atomic E-state index is -0.404. The highest BCUT2D eigenvalue weighted by Gasteiger charge is 2.40. The molecule has 0 unspecified atom stereocenters. The molecule has 0 radical (unpaired) electrons. The predicted octanol–water partition coefficient (Wildman–Crippen LogP) is 4.18. The maximum atomic E-state index is 6.07. The van der Waals surface area contributed by atoms with Gasteiger partial charge in [-0.25, -0.2) is 4.98 Å². The van der Waals surface area contributed by atoms with E-state index in [1.807, 2.05) is 25.1 Å². The number of halogens is 2. The lowest BCUT2D eigenvalue weighted by Gasteiger charge is -2.37. The summed E-state index contributed by atoms with van der Waals surface area (Å²) in [5, 5.41) is 4.40. The van der Waals surface area contributed by atoms with E-state index < -0.39 is 5.79 Å². The number of anilines is 3. The first-order valence-electron chi connectivity index (χ1n) is 8.63. The Labute approximate surface area is 162 Å². The van der Waals surface area contributed by atoms with E-state index in [2.05, 4.69) is 20.2 Å². The number of ether oxygens (including phenoxy) is 2. The summed E-state index contributed by atoms with van der Waals surface area (Å²) in [6.07, 6.45) is 1.63. The lowest BCUT2D eigenvalue weighted by Crippen LogP contribution is -2.45. The molecule has 26 heavy (non-hydrogen) atoms. The molecule has 2 fully saturated rings. The van der Waals surface area contributed by atoms with E-state index in [1.165, 1.54) is 0 Å². The number of benzene rings is 1. The van der Waals surface area contributed by atoms with Crippen molar-refractivity contribution in [2.45, 2.75) is 25.6 Å². The third-order valence-electron chi connectivity index (χ3n) is 4.60. The van der Waals surface area contributed by atoms with Crippen molar-refractivity contribution in [2.24, 2.45) is 0 Å². The first-order chi connectivity index (χ1) is 12.5. The van der Waals surface area contributed by atoms with Crippen molar-refractivity contribution in [2.75, 3.05) is 36.5 Å². The number of rotatable bonds is 3. The van der Waals surface area contributed by atoms with E-state index in [4.69, 9.17) is 32.7 Å².